The molecule has 0 aliphatic heterocycles. The lowest BCUT2D eigenvalue weighted by Gasteiger charge is -2.33. The topological polar surface area (TPSA) is 134 Å². The van der Waals surface area contributed by atoms with Crippen LogP contribution in [0.3, 0.4) is 0 Å². The molecule has 0 aliphatic rings. The fourth-order valence-electron chi connectivity index (χ4n) is 4.53. The Bertz CT molecular complexity index is 1370. The largest absolute Gasteiger partial charge is 0.508 e. The zero-order valence-electron chi connectivity index (χ0n) is 21.2. The number of benzene rings is 4. The van der Waals surface area contributed by atoms with E-state index in [4.69, 9.17) is 16.9 Å². The predicted octanol–water partition coefficient (Wildman–Crippen LogP) is 4.36. The van der Waals surface area contributed by atoms with Crippen molar-refractivity contribution in [1.29, 1.82) is 5.41 Å². The van der Waals surface area contributed by atoms with Gasteiger partial charge in [-0.05, 0) is 40.5 Å². The minimum Gasteiger partial charge on any atom is -0.508 e. The maximum absolute atomic E-state index is 14.4. The molecule has 0 aliphatic carbocycles. The molecule has 8 heteroatoms. The van der Waals surface area contributed by atoms with Gasteiger partial charge in [-0.25, -0.2) is 0 Å². The van der Waals surface area contributed by atoms with Gasteiger partial charge in [-0.2, -0.15) is 0 Å². The number of hydrogen-bond donors (Lipinski definition) is 4. The third kappa shape index (κ3) is 7.24. The molecule has 4 aromatic carbocycles. The zero-order valence-corrected chi connectivity index (χ0v) is 22.1. The van der Waals surface area contributed by atoms with Crippen molar-refractivity contribution >= 4 is 30.1 Å². The van der Waals surface area contributed by atoms with E-state index >= 15 is 0 Å². The van der Waals surface area contributed by atoms with Crippen LogP contribution in [0.1, 0.15) is 33.7 Å². The van der Waals surface area contributed by atoms with Crippen molar-refractivity contribution in [3.63, 3.8) is 0 Å². The van der Waals surface area contributed by atoms with Gasteiger partial charge in [0.1, 0.15) is 17.6 Å². The SMILES string of the molecule is Cl.N=C(N)c1cccc(C[C@H](C(N)=O)N(Cc2ccc(O)cc2)C(=O)C(c2ccccc2)c2ccccc2)c1. The quantitative estimate of drug-likeness (QED) is 0.175. The summed E-state index contributed by atoms with van der Waals surface area (Å²) in [5.41, 5.74) is 15.2. The number of amidine groups is 1. The van der Waals surface area contributed by atoms with Crippen LogP contribution in [0.15, 0.2) is 109 Å². The molecule has 0 unspecified atom stereocenters. The van der Waals surface area contributed by atoms with Crippen molar-refractivity contribution in [3.8, 4) is 5.75 Å². The number of aromatic hydroxyl groups is 1. The molecule has 4 aromatic rings. The summed E-state index contributed by atoms with van der Waals surface area (Å²) in [7, 11) is 0. The summed E-state index contributed by atoms with van der Waals surface area (Å²) in [5.74, 6) is -1.58. The number of carbonyl (C=O) groups is 2. The molecular weight excluding hydrogens is 512 g/mol. The van der Waals surface area contributed by atoms with E-state index in [-0.39, 0.29) is 42.9 Å². The first kappa shape index (κ1) is 28.9. The lowest BCUT2D eigenvalue weighted by Crippen LogP contribution is -2.50. The Hall–Kier alpha value is -4.62. The van der Waals surface area contributed by atoms with Crippen LogP contribution < -0.4 is 11.5 Å². The van der Waals surface area contributed by atoms with Crippen molar-refractivity contribution in [3.05, 3.63) is 137 Å². The number of primary amides is 1. The minimum absolute atomic E-state index is 0. The van der Waals surface area contributed by atoms with Crippen molar-refractivity contribution in [1.82, 2.24) is 4.90 Å². The molecule has 200 valence electrons. The summed E-state index contributed by atoms with van der Waals surface area (Å²) < 4.78 is 0. The summed E-state index contributed by atoms with van der Waals surface area (Å²) in [6.07, 6.45) is 0.149. The Balaban J connectivity index is 0.00000420. The lowest BCUT2D eigenvalue weighted by atomic mass is 9.88. The molecule has 2 amide bonds. The van der Waals surface area contributed by atoms with E-state index in [0.717, 1.165) is 22.3 Å². The van der Waals surface area contributed by atoms with Crippen molar-refractivity contribution in [2.45, 2.75) is 24.9 Å². The predicted molar refractivity (Wildman–Crippen MR) is 155 cm³/mol. The number of phenols is 1. The molecule has 0 saturated heterocycles. The van der Waals surface area contributed by atoms with E-state index in [0.29, 0.717) is 5.56 Å². The second kappa shape index (κ2) is 13.3. The first-order valence-electron chi connectivity index (χ1n) is 12.2. The monoisotopic (exact) mass is 542 g/mol. The Morgan fingerprint density at radius 3 is 1.85 bits per heavy atom. The number of halogens is 1. The zero-order chi connectivity index (χ0) is 27.1. The molecule has 0 saturated carbocycles. The van der Waals surface area contributed by atoms with Gasteiger partial charge in [-0.1, -0.05) is 91.0 Å². The van der Waals surface area contributed by atoms with Crippen LogP contribution in [0.4, 0.5) is 0 Å². The highest BCUT2D eigenvalue weighted by atomic mass is 35.5. The summed E-state index contributed by atoms with van der Waals surface area (Å²) >= 11 is 0. The van der Waals surface area contributed by atoms with Crippen LogP contribution >= 0.6 is 12.4 Å². The number of nitrogens with one attached hydrogen (secondary N) is 1. The van der Waals surface area contributed by atoms with Gasteiger partial charge in [-0.3, -0.25) is 15.0 Å². The van der Waals surface area contributed by atoms with E-state index < -0.39 is 17.9 Å². The van der Waals surface area contributed by atoms with Crippen molar-refractivity contribution in [2.24, 2.45) is 11.5 Å². The first-order valence-corrected chi connectivity index (χ1v) is 12.2. The number of carbonyl (C=O) groups excluding carboxylic acids is 2. The van der Waals surface area contributed by atoms with Crippen LogP contribution in [-0.4, -0.2) is 33.7 Å². The van der Waals surface area contributed by atoms with Crippen LogP contribution in [0.5, 0.6) is 5.75 Å². The highest BCUT2D eigenvalue weighted by molar-refractivity contribution is 5.95. The van der Waals surface area contributed by atoms with Crippen molar-refractivity contribution in [2.75, 3.05) is 0 Å². The molecule has 0 fully saturated rings. The summed E-state index contributed by atoms with van der Waals surface area (Å²) in [5, 5.41) is 17.5. The average molecular weight is 543 g/mol. The summed E-state index contributed by atoms with van der Waals surface area (Å²) in [6, 6.07) is 31.4. The normalized spacial score (nSPS) is 11.3. The van der Waals surface area contributed by atoms with Gasteiger partial charge in [0.15, 0.2) is 0 Å². The third-order valence-electron chi connectivity index (χ3n) is 6.46. The van der Waals surface area contributed by atoms with Gasteiger partial charge in [0.2, 0.25) is 11.8 Å². The molecule has 7 nitrogen and oxygen atoms in total. The van der Waals surface area contributed by atoms with Crippen LogP contribution in [-0.2, 0) is 22.6 Å². The molecule has 4 rings (SSSR count). The molecule has 1 atom stereocenters. The number of nitrogen functional groups attached to an aromatic ring is 1. The highest BCUT2D eigenvalue weighted by Gasteiger charge is 2.34. The standard InChI is InChI=1S/C31H30N4O3.ClH/c32-29(33)25-13-7-8-22(18-25)19-27(30(34)37)35(20-21-14-16-26(36)17-15-21)31(38)28(23-9-3-1-4-10-23)24-11-5-2-6-12-24;/h1-18,27-28,36H,19-20H2,(H3,32,33)(H2,34,37);1H/t27-;/m1./s1. The van der Waals surface area contributed by atoms with Gasteiger partial charge in [0, 0.05) is 18.5 Å². The van der Waals surface area contributed by atoms with Gasteiger partial charge >= 0.3 is 0 Å². The van der Waals surface area contributed by atoms with Crippen LogP contribution in [0, 0.1) is 5.41 Å². The number of nitrogens with two attached hydrogens (primary N) is 2. The van der Waals surface area contributed by atoms with E-state index in [2.05, 4.69) is 0 Å². The maximum atomic E-state index is 14.4. The maximum Gasteiger partial charge on any atom is 0.240 e. The van der Waals surface area contributed by atoms with E-state index in [1.807, 2.05) is 66.7 Å². The van der Waals surface area contributed by atoms with Crippen molar-refractivity contribution < 1.29 is 14.7 Å². The summed E-state index contributed by atoms with van der Waals surface area (Å²) in [4.78, 5) is 28.9. The average Bonchev–Trinajstić information content (AvgIpc) is 2.93. The third-order valence-corrected chi connectivity index (χ3v) is 6.46. The Morgan fingerprint density at radius 2 is 1.33 bits per heavy atom. The molecule has 0 heterocycles. The van der Waals surface area contributed by atoms with Crippen LogP contribution in [0.2, 0.25) is 0 Å². The summed E-state index contributed by atoms with van der Waals surface area (Å²) in [6.45, 7) is 0.106. The number of rotatable bonds is 10. The second-order valence-corrected chi connectivity index (χ2v) is 9.12. The van der Waals surface area contributed by atoms with E-state index in [1.54, 1.807) is 42.5 Å². The molecule has 39 heavy (non-hydrogen) atoms. The van der Waals surface area contributed by atoms with Gasteiger partial charge in [-0.15, -0.1) is 12.4 Å². The molecular formula is C31H31ClN4O3. The number of nitrogens with zero attached hydrogens (tertiary/aromatic N) is 1. The Labute approximate surface area is 234 Å². The Kier molecular flexibility index (Phi) is 9.84. The van der Waals surface area contributed by atoms with Gasteiger partial charge in [0.25, 0.3) is 0 Å². The molecule has 0 spiro atoms. The second-order valence-electron chi connectivity index (χ2n) is 9.12. The van der Waals surface area contributed by atoms with E-state index in [9.17, 15) is 14.7 Å². The number of amides is 2. The van der Waals surface area contributed by atoms with Gasteiger partial charge < -0.3 is 21.5 Å². The van der Waals surface area contributed by atoms with Gasteiger partial charge in [0.05, 0.1) is 5.92 Å². The highest BCUT2D eigenvalue weighted by Crippen LogP contribution is 2.29. The molecule has 0 bridgehead atoms. The van der Waals surface area contributed by atoms with Crippen LogP contribution in [0.25, 0.3) is 0 Å². The molecule has 0 aromatic heterocycles. The molecule has 6 N–H and O–H groups in total. The number of phenolic OH excluding ortho intramolecular Hbond substituents is 1. The fraction of sp³-hybridized carbons (Fsp3) is 0.129. The van der Waals surface area contributed by atoms with E-state index in [1.165, 1.54) is 4.90 Å². The fourth-order valence-corrected chi connectivity index (χ4v) is 4.53. The molecule has 0 radical (unpaired) electrons. The lowest BCUT2D eigenvalue weighted by molar-refractivity contribution is -0.140. The first-order chi connectivity index (χ1) is 18.3. The Morgan fingerprint density at radius 1 is 0.769 bits per heavy atom. The smallest absolute Gasteiger partial charge is 0.240 e. The number of hydrogen-bond acceptors (Lipinski definition) is 4. The minimum atomic E-state index is -0.978.